The summed E-state index contributed by atoms with van der Waals surface area (Å²) in [5.74, 6) is 0.631. The van der Waals surface area contributed by atoms with Crippen molar-refractivity contribution in [1.82, 2.24) is 0 Å². The third-order valence-corrected chi connectivity index (χ3v) is 7.26. The molecule has 0 unspecified atom stereocenters. The first-order chi connectivity index (χ1) is 8.43. The highest BCUT2D eigenvalue weighted by molar-refractivity contribution is 6.74. The van der Waals surface area contributed by atoms with Crippen LogP contribution in [-0.2, 0) is 4.43 Å². The van der Waals surface area contributed by atoms with Crippen molar-refractivity contribution < 1.29 is 23.4 Å². The van der Waals surface area contributed by atoms with Crippen LogP contribution in [0.3, 0.4) is 0 Å². The third-order valence-electron chi connectivity index (χ3n) is 2.78. The molecule has 0 aromatic heterocycles. The lowest BCUT2D eigenvalue weighted by atomic mass is 10.2. The maximum absolute atomic E-state index is 12.5. The van der Waals surface area contributed by atoms with Crippen molar-refractivity contribution in [3.63, 3.8) is 0 Å². The molecule has 0 radical (unpaired) electrons. The largest absolute Gasteiger partial charge is 0.406 e. The highest BCUT2D eigenvalue weighted by atomic mass is 28.4. The van der Waals surface area contributed by atoms with Crippen LogP contribution >= 0.6 is 0 Å². The van der Waals surface area contributed by atoms with E-state index in [9.17, 15) is 8.78 Å². The molecule has 0 saturated heterocycles. The topological polar surface area (TPSA) is 49.7 Å². The zero-order chi connectivity index (χ0) is 15.7. The second-order valence-electron chi connectivity index (χ2n) is 5.53. The van der Waals surface area contributed by atoms with Crippen molar-refractivity contribution in [1.29, 1.82) is 0 Å². The normalized spacial score (nSPS) is 12.1. The molecule has 0 heterocycles. The van der Waals surface area contributed by atoms with E-state index in [0.717, 1.165) is 0 Å². The van der Waals surface area contributed by atoms with Crippen LogP contribution in [0.2, 0.25) is 18.1 Å². The molecule has 3 nitrogen and oxygen atoms in total. The molecule has 2 N–H and O–H groups in total. The Bertz CT molecular complexity index is 301. The molecule has 19 heavy (non-hydrogen) atoms. The maximum Gasteiger partial charge on any atom is 0.330 e. The van der Waals surface area contributed by atoms with E-state index in [0.29, 0.717) is 0 Å². The summed E-state index contributed by atoms with van der Waals surface area (Å²) in [6.45, 7) is 10.9. The van der Waals surface area contributed by atoms with Gasteiger partial charge in [0, 0.05) is 6.61 Å². The van der Waals surface area contributed by atoms with Crippen LogP contribution in [0.15, 0.2) is 0 Å². The van der Waals surface area contributed by atoms with Gasteiger partial charge in [-0.3, -0.25) is 0 Å². The maximum atomic E-state index is 12.5. The van der Waals surface area contributed by atoms with Gasteiger partial charge in [-0.25, -0.2) is 0 Å². The zero-order valence-corrected chi connectivity index (χ0v) is 13.7. The summed E-state index contributed by atoms with van der Waals surface area (Å²) in [5.41, 5.74) is 0. The Kier molecular flexibility index (Phi) is 9.47. The fraction of sp³-hybridized carbons (Fsp3) is 0.846. The van der Waals surface area contributed by atoms with Crippen LogP contribution in [0.1, 0.15) is 27.7 Å². The van der Waals surface area contributed by atoms with Crippen molar-refractivity contribution in [2.24, 2.45) is 0 Å². The number of hydrogen-bond donors (Lipinski definition) is 2. The van der Waals surface area contributed by atoms with Gasteiger partial charge < -0.3 is 14.6 Å². The molecule has 0 aliphatic rings. The zero-order valence-electron chi connectivity index (χ0n) is 12.7. The van der Waals surface area contributed by atoms with Gasteiger partial charge in [-0.2, -0.15) is 8.78 Å². The van der Waals surface area contributed by atoms with Gasteiger partial charge in [0.2, 0.25) is 0 Å². The minimum Gasteiger partial charge on any atom is -0.406 e. The lowest BCUT2D eigenvalue weighted by molar-refractivity contribution is 0.00414. The van der Waals surface area contributed by atoms with E-state index in [1.165, 1.54) is 0 Å². The van der Waals surface area contributed by atoms with Crippen molar-refractivity contribution >= 4 is 8.32 Å². The van der Waals surface area contributed by atoms with E-state index >= 15 is 0 Å². The number of hydrogen-bond acceptors (Lipinski definition) is 3. The molecule has 114 valence electrons. The lowest BCUT2D eigenvalue weighted by Crippen LogP contribution is -2.40. The van der Waals surface area contributed by atoms with Gasteiger partial charge in [-0.05, 0) is 31.0 Å². The van der Waals surface area contributed by atoms with Gasteiger partial charge in [0.25, 0.3) is 0 Å². The summed E-state index contributed by atoms with van der Waals surface area (Å²) in [5, 5.41) is 15.9. The van der Waals surface area contributed by atoms with Crippen LogP contribution < -0.4 is 0 Å². The molecular weight excluding hydrogens is 270 g/mol. The Morgan fingerprint density at radius 1 is 1.16 bits per heavy atom. The van der Waals surface area contributed by atoms with Crippen LogP contribution in [-0.4, -0.2) is 44.3 Å². The molecule has 0 amide bonds. The average molecular weight is 296 g/mol. The number of aliphatic hydroxyl groups excluding tert-OH is 2. The SMILES string of the molecule is CC(C)(C)[Si](C)(C)OCC#CC(F)(F)CO.CCO. The monoisotopic (exact) mass is 296 g/mol. The minimum absolute atomic E-state index is 0.00785. The van der Waals surface area contributed by atoms with Gasteiger partial charge in [0.1, 0.15) is 6.61 Å². The standard InChI is InChI=1S/C11H20F2O2Si.C2H6O/c1-10(2,3)16(4,5)15-8-6-7-11(12,13)9-14;1-2-3/h14H,8-9H2,1-5H3;3H,2H2,1H3. The molecule has 0 spiro atoms. The molecular formula is C13H26F2O3Si. The van der Waals surface area contributed by atoms with Crippen LogP contribution in [0.5, 0.6) is 0 Å². The lowest BCUT2D eigenvalue weighted by Gasteiger charge is -2.35. The Morgan fingerprint density at radius 3 is 1.89 bits per heavy atom. The molecule has 0 aromatic rings. The van der Waals surface area contributed by atoms with Crippen LogP contribution in [0.4, 0.5) is 8.78 Å². The predicted molar refractivity (Wildman–Crippen MR) is 75.7 cm³/mol. The second-order valence-corrected chi connectivity index (χ2v) is 10.3. The van der Waals surface area contributed by atoms with Crippen LogP contribution in [0, 0.1) is 11.8 Å². The first kappa shape index (κ1) is 20.8. The van der Waals surface area contributed by atoms with Crippen molar-refractivity contribution in [2.75, 3.05) is 19.8 Å². The molecule has 0 saturated carbocycles. The molecule has 0 aliphatic heterocycles. The van der Waals surface area contributed by atoms with Gasteiger partial charge >= 0.3 is 5.92 Å². The summed E-state index contributed by atoms with van der Waals surface area (Å²) in [6, 6.07) is 0. The molecule has 0 rings (SSSR count). The summed E-state index contributed by atoms with van der Waals surface area (Å²) >= 11 is 0. The van der Waals surface area contributed by atoms with E-state index in [-0.39, 0.29) is 18.3 Å². The summed E-state index contributed by atoms with van der Waals surface area (Å²) in [4.78, 5) is 0. The minimum atomic E-state index is -3.32. The van der Waals surface area contributed by atoms with Gasteiger partial charge in [-0.1, -0.05) is 26.7 Å². The smallest absolute Gasteiger partial charge is 0.330 e. The van der Waals surface area contributed by atoms with E-state index in [1.807, 2.05) is 13.1 Å². The predicted octanol–water partition coefficient (Wildman–Crippen LogP) is 2.64. The quantitative estimate of drug-likeness (QED) is 0.622. The van der Waals surface area contributed by atoms with Crippen molar-refractivity contribution in [3.8, 4) is 11.8 Å². The number of halogens is 2. The molecule has 6 heteroatoms. The Morgan fingerprint density at radius 2 is 1.58 bits per heavy atom. The van der Waals surface area contributed by atoms with E-state index in [1.54, 1.807) is 12.8 Å². The Hall–Kier alpha value is -0.483. The van der Waals surface area contributed by atoms with Gasteiger partial charge in [0.05, 0.1) is 6.61 Å². The summed E-state index contributed by atoms with van der Waals surface area (Å²) < 4.78 is 30.7. The summed E-state index contributed by atoms with van der Waals surface area (Å²) in [6.07, 6.45) is 0. The fourth-order valence-corrected chi connectivity index (χ4v) is 1.50. The molecule has 0 aromatic carbocycles. The fourth-order valence-electron chi connectivity index (χ4n) is 0.638. The van der Waals surface area contributed by atoms with Crippen molar-refractivity contribution in [3.05, 3.63) is 0 Å². The molecule has 0 aliphatic carbocycles. The van der Waals surface area contributed by atoms with E-state index in [4.69, 9.17) is 14.6 Å². The van der Waals surface area contributed by atoms with Crippen LogP contribution in [0.25, 0.3) is 0 Å². The van der Waals surface area contributed by atoms with Gasteiger partial charge in [-0.15, -0.1) is 0 Å². The summed E-state index contributed by atoms with van der Waals surface area (Å²) in [7, 11) is -1.92. The number of alkyl halides is 2. The third kappa shape index (κ3) is 10.0. The van der Waals surface area contributed by atoms with Gasteiger partial charge in [0.15, 0.2) is 8.32 Å². The Labute approximate surface area is 116 Å². The first-order valence-corrected chi connectivity index (χ1v) is 9.08. The first-order valence-electron chi connectivity index (χ1n) is 6.17. The van der Waals surface area contributed by atoms with Crippen molar-refractivity contribution in [2.45, 2.75) is 51.7 Å². The molecule has 0 fully saturated rings. The van der Waals surface area contributed by atoms with E-state index in [2.05, 4.69) is 26.7 Å². The second kappa shape index (κ2) is 8.64. The molecule has 0 atom stereocenters. The number of aliphatic hydroxyl groups is 2. The number of rotatable bonds is 3. The Balaban J connectivity index is 0. The highest BCUT2D eigenvalue weighted by Gasteiger charge is 2.36. The highest BCUT2D eigenvalue weighted by Crippen LogP contribution is 2.36. The molecule has 0 bridgehead atoms. The average Bonchev–Trinajstić information content (AvgIpc) is 2.24. The van der Waals surface area contributed by atoms with E-state index < -0.39 is 20.8 Å².